The monoisotopic (exact) mass is 324 g/mol. The second-order valence-electron chi connectivity index (χ2n) is 5.37. The molecule has 0 fully saturated rings. The molecule has 0 saturated carbocycles. The van der Waals surface area contributed by atoms with Crippen molar-refractivity contribution in [3.63, 3.8) is 0 Å². The number of benzene rings is 2. The van der Waals surface area contributed by atoms with Crippen molar-refractivity contribution in [2.45, 2.75) is 13.3 Å². The van der Waals surface area contributed by atoms with Crippen LogP contribution in [0.1, 0.15) is 44.4 Å². The first-order valence-corrected chi connectivity index (χ1v) is 7.62. The lowest BCUT2D eigenvalue weighted by atomic mass is 10.1. The van der Waals surface area contributed by atoms with Crippen LogP contribution in [-0.2, 0) is 0 Å². The molecular formula is C18H16N2O4. The van der Waals surface area contributed by atoms with E-state index in [0.29, 0.717) is 29.2 Å². The van der Waals surface area contributed by atoms with Crippen LogP contribution < -0.4 is 15.4 Å². The van der Waals surface area contributed by atoms with E-state index in [9.17, 15) is 14.4 Å². The lowest BCUT2D eigenvalue weighted by Crippen LogP contribution is -2.19. The molecule has 6 nitrogen and oxygen atoms in total. The predicted octanol–water partition coefficient (Wildman–Crippen LogP) is 2.61. The van der Waals surface area contributed by atoms with Crippen molar-refractivity contribution in [3.8, 4) is 5.75 Å². The normalized spacial score (nSPS) is 12.5. The summed E-state index contributed by atoms with van der Waals surface area (Å²) in [5.41, 5.74) is 1.51. The highest BCUT2D eigenvalue weighted by Gasteiger charge is 2.26. The second-order valence-corrected chi connectivity index (χ2v) is 5.37. The average Bonchev–Trinajstić information content (AvgIpc) is 2.87. The number of anilines is 1. The Hall–Kier alpha value is -3.15. The molecule has 0 aliphatic carbocycles. The number of carbonyl (C=O) groups excluding carboxylic acids is 3. The minimum Gasteiger partial charge on any atom is -0.494 e. The van der Waals surface area contributed by atoms with Crippen molar-refractivity contribution >= 4 is 23.4 Å². The molecule has 2 N–H and O–H groups in total. The van der Waals surface area contributed by atoms with Gasteiger partial charge in [0.25, 0.3) is 17.7 Å². The van der Waals surface area contributed by atoms with Crippen LogP contribution in [0.5, 0.6) is 5.75 Å². The molecule has 122 valence electrons. The van der Waals surface area contributed by atoms with Crippen LogP contribution in [0.15, 0.2) is 42.5 Å². The number of imide groups is 1. The predicted molar refractivity (Wildman–Crippen MR) is 88.4 cm³/mol. The van der Waals surface area contributed by atoms with Crippen LogP contribution in [0.3, 0.4) is 0 Å². The lowest BCUT2D eigenvalue weighted by molar-refractivity contribution is 0.0878. The Labute approximate surface area is 138 Å². The van der Waals surface area contributed by atoms with E-state index < -0.39 is 11.8 Å². The SMILES string of the molecule is CCCOc1ccc(C(=O)Nc2ccc3c(c2)C(=O)NC3=O)cc1. The van der Waals surface area contributed by atoms with Crippen molar-refractivity contribution in [2.24, 2.45) is 0 Å². The van der Waals surface area contributed by atoms with Crippen molar-refractivity contribution in [1.29, 1.82) is 0 Å². The first-order chi connectivity index (χ1) is 11.6. The summed E-state index contributed by atoms with van der Waals surface area (Å²) in [5.74, 6) is -0.470. The molecule has 0 unspecified atom stereocenters. The maximum atomic E-state index is 12.3. The zero-order valence-corrected chi connectivity index (χ0v) is 13.1. The average molecular weight is 324 g/mol. The highest BCUT2D eigenvalue weighted by molar-refractivity contribution is 6.22. The summed E-state index contributed by atoms with van der Waals surface area (Å²) < 4.78 is 5.47. The van der Waals surface area contributed by atoms with Gasteiger partial charge in [-0.15, -0.1) is 0 Å². The van der Waals surface area contributed by atoms with Gasteiger partial charge in [0.15, 0.2) is 0 Å². The van der Waals surface area contributed by atoms with Crippen LogP contribution in [-0.4, -0.2) is 24.3 Å². The van der Waals surface area contributed by atoms with Gasteiger partial charge in [-0.3, -0.25) is 19.7 Å². The van der Waals surface area contributed by atoms with Gasteiger partial charge in [-0.05, 0) is 48.9 Å². The van der Waals surface area contributed by atoms with E-state index in [-0.39, 0.29) is 11.5 Å². The number of fused-ring (bicyclic) bond motifs is 1. The van der Waals surface area contributed by atoms with E-state index in [1.165, 1.54) is 12.1 Å². The van der Waals surface area contributed by atoms with E-state index in [4.69, 9.17) is 4.74 Å². The van der Waals surface area contributed by atoms with Gasteiger partial charge in [0.05, 0.1) is 17.7 Å². The molecule has 2 aromatic carbocycles. The zero-order chi connectivity index (χ0) is 17.1. The Morgan fingerprint density at radius 3 is 2.46 bits per heavy atom. The highest BCUT2D eigenvalue weighted by Crippen LogP contribution is 2.21. The van der Waals surface area contributed by atoms with E-state index in [1.54, 1.807) is 30.3 Å². The van der Waals surface area contributed by atoms with E-state index in [2.05, 4.69) is 10.6 Å². The number of hydrogen-bond donors (Lipinski definition) is 2. The van der Waals surface area contributed by atoms with Gasteiger partial charge in [-0.25, -0.2) is 0 Å². The van der Waals surface area contributed by atoms with Crippen molar-refractivity contribution in [2.75, 3.05) is 11.9 Å². The molecule has 2 aromatic rings. The first kappa shape index (κ1) is 15.7. The summed E-state index contributed by atoms with van der Waals surface area (Å²) in [6, 6.07) is 11.4. The minimum absolute atomic E-state index is 0.265. The fourth-order valence-electron chi connectivity index (χ4n) is 2.37. The maximum Gasteiger partial charge on any atom is 0.259 e. The molecule has 0 bridgehead atoms. The van der Waals surface area contributed by atoms with Crippen LogP contribution in [0.25, 0.3) is 0 Å². The summed E-state index contributed by atoms with van der Waals surface area (Å²) in [7, 11) is 0. The second kappa shape index (κ2) is 6.54. The fourth-order valence-corrected chi connectivity index (χ4v) is 2.37. The Bertz CT molecular complexity index is 812. The van der Waals surface area contributed by atoms with Gasteiger partial charge >= 0.3 is 0 Å². The van der Waals surface area contributed by atoms with E-state index in [0.717, 1.165) is 6.42 Å². The molecule has 1 aliphatic rings. The maximum absolute atomic E-state index is 12.3. The molecule has 0 saturated heterocycles. The summed E-state index contributed by atoms with van der Waals surface area (Å²) in [6.07, 6.45) is 0.913. The zero-order valence-electron chi connectivity index (χ0n) is 13.1. The standard InChI is InChI=1S/C18H16N2O4/c1-2-9-24-13-6-3-11(4-7-13)16(21)19-12-5-8-14-15(10-12)18(23)20-17(14)22/h3-8,10H,2,9H2,1H3,(H,19,21)(H,20,22,23). The number of rotatable bonds is 5. The van der Waals surface area contributed by atoms with Gasteiger partial charge in [-0.2, -0.15) is 0 Å². The highest BCUT2D eigenvalue weighted by atomic mass is 16.5. The van der Waals surface area contributed by atoms with Crippen LogP contribution in [0, 0.1) is 0 Å². The van der Waals surface area contributed by atoms with Gasteiger partial charge in [-0.1, -0.05) is 6.92 Å². The Morgan fingerprint density at radius 1 is 1.04 bits per heavy atom. The molecular weight excluding hydrogens is 308 g/mol. The van der Waals surface area contributed by atoms with Gasteiger partial charge in [0.2, 0.25) is 0 Å². The summed E-state index contributed by atoms with van der Waals surface area (Å²) in [6.45, 7) is 2.65. The molecule has 0 radical (unpaired) electrons. The molecule has 0 aromatic heterocycles. The van der Waals surface area contributed by atoms with Crippen molar-refractivity contribution in [3.05, 3.63) is 59.2 Å². The van der Waals surface area contributed by atoms with E-state index >= 15 is 0 Å². The molecule has 0 spiro atoms. The number of nitrogens with one attached hydrogen (secondary N) is 2. The Morgan fingerprint density at radius 2 is 1.75 bits per heavy atom. The van der Waals surface area contributed by atoms with Crippen molar-refractivity contribution in [1.82, 2.24) is 5.32 Å². The molecule has 1 heterocycles. The van der Waals surface area contributed by atoms with Gasteiger partial charge in [0, 0.05) is 11.3 Å². The first-order valence-electron chi connectivity index (χ1n) is 7.62. The third-order valence-electron chi connectivity index (χ3n) is 3.58. The van der Waals surface area contributed by atoms with Crippen LogP contribution in [0.2, 0.25) is 0 Å². The minimum atomic E-state index is -0.455. The van der Waals surface area contributed by atoms with Crippen LogP contribution in [0.4, 0.5) is 5.69 Å². The summed E-state index contributed by atoms with van der Waals surface area (Å²) >= 11 is 0. The topological polar surface area (TPSA) is 84.5 Å². The van der Waals surface area contributed by atoms with E-state index in [1.807, 2.05) is 6.92 Å². The molecule has 3 rings (SSSR count). The van der Waals surface area contributed by atoms with Gasteiger partial charge in [0.1, 0.15) is 5.75 Å². The summed E-state index contributed by atoms with van der Waals surface area (Å²) in [5, 5.41) is 4.93. The van der Waals surface area contributed by atoms with Crippen molar-refractivity contribution < 1.29 is 19.1 Å². The molecule has 1 aliphatic heterocycles. The number of carbonyl (C=O) groups is 3. The third kappa shape index (κ3) is 3.12. The number of hydrogen-bond acceptors (Lipinski definition) is 4. The molecule has 6 heteroatoms. The third-order valence-corrected chi connectivity index (χ3v) is 3.58. The largest absolute Gasteiger partial charge is 0.494 e. The smallest absolute Gasteiger partial charge is 0.259 e. The molecule has 24 heavy (non-hydrogen) atoms. The molecule has 3 amide bonds. The molecule has 0 atom stereocenters. The number of amides is 3. The quantitative estimate of drug-likeness (QED) is 0.828. The Balaban J connectivity index is 1.72. The van der Waals surface area contributed by atoms with Crippen LogP contribution >= 0.6 is 0 Å². The fraction of sp³-hybridized carbons (Fsp3) is 0.167. The number of ether oxygens (including phenoxy) is 1. The lowest BCUT2D eigenvalue weighted by Gasteiger charge is -2.08. The van der Waals surface area contributed by atoms with Gasteiger partial charge < -0.3 is 10.1 Å². The summed E-state index contributed by atoms with van der Waals surface area (Å²) in [4.78, 5) is 35.4. The Kier molecular flexibility index (Phi) is 4.29.